The average Bonchev–Trinajstić information content (AvgIpc) is 2.85. The summed E-state index contributed by atoms with van der Waals surface area (Å²) in [6, 6.07) is 12.2. The number of aromatic nitrogens is 1. The van der Waals surface area contributed by atoms with Crippen LogP contribution in [-0.2, 0) is 6.54 Å². The number of nitrogens with zero attached hydrogens (tertiary/aromatic N) is 2. The van der Waals surface area contributed by atoms with Crippen molar-refractivity contribution in [1.82, 2.24) is 4.57 Å². The highest BCUT2D eigenvalue weighted by Crippen LogP contribution is 2.28. The van der Waals surface area contributed by atoms with Gasteiger partial charge in [-0.25, -0.2) is 0 Å². The lowest BCUT2D eigenvalue weighted by atomic mass is 10.2. The molecule has 0 saturated carbocycles. The van der Waals surface area contributed by atoms with Gasteiger partial charge in [-0.2, -0.15) is 0 Å². The van der Waals surface area contributed by atoms with Gasteiger partial charge in [-0.15, -0.1) is 0 Å². The molecule has 0 aliphatic rings. The number of nitro benzene ring substituents is 1. The van der Waals surface area contributed by atoms with E-state index in [1.807, 2.05) is 35.0 Å². The van der Waals surface area contributed by atoms with Gasteiger partial charge in [-0.3, -0.25) is 10.1 Å². The molecular formula is C15H10Cl2N2O2. The molecule has 0 bridgehead atoms. The Bertz CT molecular complexity index is 843. The lowest BCUT2D eigenvalue weighted by Crippen LogP contribution is -1.99. The Kier molecular flexibility index (Phi) is 3.57. The van der Waals surface area contributed by atoms with Crippen LogP contribution in [0.2, 0.25) is 10.0 Å². The molecule has 0 radical (unpaired) electrons. The first kappa shape index (κ1) is 13.9. The third-order valence-electron chi connectivity index (χ3n) is 3.33. The molecule has 0 spiro atoms. The number of non-ortho nitro benzene ring substituents is 1. The van der Waals surface area contributed by atoms with Gasteiger partial charge in [0.25, 0.3) is 5.69 Å². The summed E-state index contributed by atoms with van der Waals surface area (Å²) in [4.78, 5) is 10.3. The number of hydrogen-bond acceptors (Lipinski definition) is 2. The number of rotatable bonds is 3. The van der Waals surface area contributed by atoms with Crippen molar-refractivity contribution in [3.63, 3.8) is 0 Å². The van der Waals surface area contributed by atoms with Crippen LogP contribution < -0.4 is 0 Å². The molecule has 0 atom stereocenters. The van der Waals surface area contributed by atoms with Crippen molar-refractivity contribution < 1.29 is 4.92 Å². The monoisotopic (exact) mass is 320 g/mol. The topological polar surface area (TPSA) is 48.1 Å². The zero-order valence-electron chi connectivity index (χ0n) is 10.8. The summed E-state index contributed by atoms with van der Waals surface area (Å²) in [7, 11) is 0. The number of benzene rings is 2. The third-order valence-corrected chi connectivity index (χ3v) is 3.98. The first-order chi connectivity index (χ1) is 10.1. The van der Waals surface area contributed by atoms with Crippen molar-refractivity contribution >= 4 is 39.8 Å². The van der Waals surface area contributed by atoms with Crippen LogP contribution in [0.15, 0.2) is 48.7 Å². The van der Waals surface area contributed by atoms with E-state index in [9.17, 15) is 10.1 Å². The lowest BCUT2D eigenvalue weighted by Gasteiger charge is -2.08. The van der Waals surface area contributed by atoms with Crippen molar-refractivity contribution in [2.45, 2.75) is 6.54 Å². The summed E-state index contributed by atoms with van der Waals surface area (Å²) >= 11 is 12.4. The van der Waals surface area contributed by atoms with Gasteiger partial charge in [-0.05, 0) is 23.8 Å². The molecule has 106 valence electrons. The average molecular weight is 321 g/mol. The predicted octanol–water partition coefficient (Wildman–Crippen LogP) is 4.90. The number of hydrogen-bond donors (Lipinski definition) is 0. The first-order valence-electron chi connectivity index (χ1n) is 6.22. The highest BCUT2D eigenvalue weighted by Gasteiger charge is 2.11. The Morgan fingerprint density at radius 3 is 2.62 bits per heavy atom. The molecular weight excluding hydrogens is 311 g/mol. The highest BCUT2D eigenvalue weighted by atomic mass is 35.5. The molecule has 0 amide bonds. The van der Waals surface area contributed by atoms with Gasteiger partial charge < -0.3 is 4.57 Å². The summed E-state index contributed by atoms with van der Waals surface area (Å²) in [5, 5.41) is 12.8. The minimum absolute atomic E-state index is 0.0147. The number of halogens is 2. The van der Waals surface area contributed by atoms with Gasteiger partial charge in [0.2, 0.25) is 0 Å². The molecule has 0 aliphatic heterocycles. The molecule has 21 heavy (non-hydrogen) atoms. The van der Waals surface area contributed by atoms with Gasteiger partial charge in [0, 0.05) is 30.3 Å². The normalized spacial score (nSPS) is 11.0. The standard InChI is InChI=1S/C15H10Cl2N2O2/c16-13-3-1-2-10-6-7-18(15(10)13)9-11-4-5-12(19(20)21)8-14(11)17/h1-8H,9H2. The van der Waals surface area contributed by atoms with E-state index in [-0.39, 0.29) is 5.69 Å². The van der Waals surface area contributed by atoms with Crippen LogP contribution in [0.25, 0.3) is 10.9 Å². The van der Waals surface area contributed by atoms with Crippen molar-refractivity contribution in [1.29, 1.82) is 0 Å². The van der Waals surface area contributed by atoms with Crippen LogP contribution in [0, 0.1) is 10.1 Å². The summed E-state index contributed by atoms with van der Waals surface area (Å²) in [6.07, 6.45) is 1.92. The maximum Gasteiger partial charge on any atom is 0.270 e. The fraction of sp³-hybridized carbons (Fsp3) is 0.0667. The summed E-state index contributed by atoms with van der Waals surface area (Å²) in [6.45, 7) is 0.504. The second-order valence-corrected chi connectivity index (χ2v) is 5.47. The second kappa shape index (κ2) is 5.39. The third kappa shape index (κ3) is 2.60. The summed E-state index contributed by atoms with van der Waals surface area (Å²) in [5.41, 5.74) is 1.72. The molecule has 3 rings (SSSR count). The number of fused-ring (bicyclic) bond motifs is 1. The molecule has 1 aromatic heterocycles. The van der Waals surface area contributed by atoms with Crippen LogP contribution in [0.3, 0.4) is 0 Å². The van der Waals surface area contributed by atoms with Crippen LogP contribution >= 0.6 is 23.2 Å². The van der Waals surface area contributed by atoms with Crippen LogP contribution in [0.1, 0.15) is 5.56 Å². The van der Waals surface area contributed by atoms with E-state index < -0.39 is 4.92 Å². The van der Waals surface area contributed by atoms with Crippen LogP contribution in [-0.4, -0.2) is 9.49 Å². The molecule has 1 heterocycles. The Morgan fingerprint density at radius 1 is 1.10 bits per heavy atom. The van der Waals surface area contributed by atoms with Gasteiger partial charge in [-0.1, -0.05) is 35.3 Å². The largest absolute Gasteiger partial charge is 0.342 e. The van der Waals surface area contributed by atoms with Crippen LogP contribution in [0.4, 0.5) is 5.69 Å². The fourth-order valence-electron chi connectivity index (χ4n) is 2.31. The van der Waals surface area contributed by atoms with E-state index in [0.717, 1.165) is 16.5 Å². The fourth-order valence-corrected chi connectivity index (χ4v) is 2.83. The second-order valence-electron chi connectivity index (χ2n) is 4.65. The van der Waals surface area contributed by atoms with Crippen molar-refractivity contribution in [2.75, 3.05) is 0 Å². The summed E-state index contributed by atoms with van der Waals surface area (Å²) < 4.78 is 1.98. The maximum atomic E-state index is 10.7. The zero-order chi connectivity index (χ0) is 15.0. The van der Waals surface area contributed by atoms with Gasteiger partial charge in [0.15, 0.2) is 0 Å². The van der Waals surface area contributed by atoms with Crippen molar-refractivity contribution in [2.24, 2.45) is 0 Å². The minimum Gasteiger partial charge on any atom is -0.342 e. The molecule has 0 fully saturated rings. The molecule has 0 aliphatic carbocycles. The Hall–Kier alpha value is -2.04. The van der Waals surface area contributed by atoms with E-state index in [1.165, 1.54) is 12.1 Å². The molecule has 4 nitrogen and oxygen atoms in total. The summed E-state index contributed by atoms with van der Waals surface area (Å²) in [5.74, 6) is 0. The van der Waals surface area contributed by atoms with E-state index in [1.54, 1.807) is 6.07 Å². The van der Waals surface area contributed by atoms with Gasteiger partial charge in [0.05, 0.1) is 20.5 Å². The maximum absolute atomic E-state index is 10.7. The first-order valence-corrected chi connectivity index (χ1v) is 6.98. The Balaban J connectivity index is 2.01. The quantitative estimate of drug-likeness (QED) is 0.508. The molecule has 0 saturated heterocycles. The SMILES string of the molecule is O=[N+]([O-])c1ccc(Cn2ccc3cccc(Cl)c32)c(Cl)c1. The Morgan fingerprint density at radius 2 is 1.90 bits per heavy atom. The van der Waals surface area contributed by atoms with E-state index >= 15 is 0 Å². The predicted molar refractivity (Wildman–Crippen MR) is 84.2 cm³/mol. The van der Waals surface area contributed by atoms with Crippen molar-refractivity contribution in [3.05, 3.63) is 74.4 Å². The van der Waals surface area contributed by atoms with E-state index in [2.05, 4.69) is 0 Å². The lowest BCUT2D eigenvalue weighted by molar-refractivity contribution is -0.384. The van der Waals surface area contributed by atoms with E-state index in [4.69, 9.17) is 23.2 Å². The Labute approximate surface area is 130 Å². The highest BCUT2D eigenvalue weighted by molar-refractivity contribution is 6.35. The van der Waals surface area contributed by atoms with Gasteiger partial charge >= 0.3 is 0 Å². The van der Waals surface area contributed by atoms with E-state index in [0.29, 0.717) is 16.6 Å². The van der Waals surface area contributed by atoms with Crippen LogP contribution in [0.5, 0.6) is 0 Å². The molecule has 6 heteroatoms. The number of para-hydroxylation sites is 1. The molecule has 0 N–H and O–H groups in total. The van der Waals surface area contributed by atoms with Gasteiger partial charge in [0.1, 0.15) is 0 Å². The molecule has 0 unspecified atom stereocenters. The minimum atomic E-state index is -0.461. The number of nitro groups is 1. The zero-order valence-corrected chi connectivity index (χ0v) is 12.3. The molecule has 2 aromatic carbocycles. The van der Waals surface area contributed by atoms with Crippen molar-refractivity contribution in [3.8, 4) is 0 Å². The molecule has 3 aromatic rings. The smallest absolute Gasteiger partial charge is 0.270 e.